The number of ether oxygens (including phenoxy) is 9. The monoisotopic (exact) mass is 793 g/mol. The third kappa shape index (κ3) is 13.8. The molecule has 304 valence electrons. The van der Waals surface area contributed by atoms with Crippen molar-refractivity contribution in [3.05, 3.63) is 108 Å². The molecule has 2 fully saturated rings. The van der Waals surface area contributed by atoms with Crippen molar-refractivity contribution >= 4 is 36.2 Å². The second-order valence-corrected chi connectivity index (χ2v) is 13.0. The minimum Gasteiger partial charge on any atom is -0.460 e. The number of amides is 3. The van der Waals surface area contributed by atoms with Gasteiger partial charge in [-0.1, -0.05) is 91.0 Å². The zero-order valence-electron chi connectivity index (χ0n) is 31.1. The van der Waals surface area contributed by atoms with E-state index in [0.717, 1.165) is 11.1 Å². The van der Waals surface area contributed by atoms with E-state index < -0.39 is 98.9 Å². The zero-order chi connectivity index (χ0) is 40.6. The first-order valence-electron chi connectivity index (χ1n) is 17.8. The van der Waals surface area contributed by atoms with Crippen LogP contribution in [0.2, 0.25) is 0 Å². The number of hydrogen-bond donors (Lipinski definition) is 3. The third-order valence-electron chi connectivity index (χ3n) is 8.12. The summed E-state index contributed by atoms with van der Waals surface area (Å²) in [4.78, 5) is 75.7. The second-order valence-electron chi connectivity index (χ2n) is 13.0. The van der Waals surface area contributed by atoms with Crippen LogP contribution in [0.25, 0.3) is 0 Å². The van der Waals surface area contributed by atoms with Gasteiger partial charge < -0.3 is 58.6 Å². The summed E-state index contributed by atoms with van der Waals surface area (Å²) >= 11 is 0. The van der Waals surface area contributed by atoms with Crippen molar-refractivity contribution in [1.29, 1.82) is 0 Å². The molecule has 0 aromatic heterocycles. The van der Waals surface area contributed by atoms with Crippen molar-refractivity contribution in [2.75, 3.05) is 26.2 Å². The highest BCUT2D eigenvalue weighted by Gasteiger charge is 2.59. The van der Waals surface area contributed by atoms with Crippen molar-refractivity contribution in [3.63, 3.8) is 0 Å². The summed E-state index contributed by atoms with van der Waals surface area (Å²) in [6.45, 7) is 0.473. The van der Waals surface area contributed by atoms with Crippen molar-refractivity contribution in [1.82, 2.24) is 16.0 Å². The topological polar surface area (TPSA) is 222 Å². The number of rotatable bonds is 17. The lowest BCUT2D eigenvalue weighted by atomic mass is 10.1. The normalized spacial score (nSPS) is 19.5. The lowest BCUT2D eigenvalue weighted by Crippen LogP contribution is -2.49. The highest BCUT2D eigenvalue weighted by Crippen LogP contribution is 2.40. The fourth-order valence-electron chi connectivity index (χ4n) is 5.52. The molecule has 0 aliphatic carbocycles. The van der Waals surface area contributed by atoms with Crippen LogP contribution in [0.4, 0.5) is 14.4 Å². The Morgan fingerprint density at radius 1 is 0.596 bits per heavy atom. The standard InChI is InChI=1S/C39H43N3O15/c1-39(2)56-34-33(54-31(45)20-42-38(48)52-23-27-16-10-5-11-17-27)32(55-35(34)57-39)28(53-30(44)19-41-37(47)51-22-26-14-8-4-9-15-26)24-49-29(43)18-40-36(46)50-21-25-12-6-3-7-13-25/h3-17,28,32-35H,18-24H2,1-2H3,(H,40,46)(H,41,47)(H,42,48)/t28-,32-,33-,34+,35+/m1/s1. The minimum atomic E-state index is -1.49. The Morgan fingerprint density at radius 3 is 1.51 bits per heavy atom. The van der Waals surface area contributed by atoms with E-state index in [0.29, 0.717) is 5.56 Å². The van der Waals surface area contributed by atoms with Gasteiger partial charge >= 0.3 is 36.2 Å². The predicted octanol–water partition coefficient (Wildman–Crippen LogP) is 3.01. The van der Waals surface area contributed by atoms with E-state index in [-0.39, 0.29) is 19.8 Å². The van der Waals surface area contributed by atoms with Gasteiger partial charge in [0.2, 0.25) is 0 Å². The van der Waals surface area contributed by atoms with E-state index in [1.807, 2.05) is 12.1 Å². The molecular formula is C39H43N3O15. The summed E-state index contributed by atoms with van der Waals surface area (Å²) in [5, 5.41) is 6.86. The number of fused-ring (bicyclic) bond motifs is 1. The molecule has 3 N–H and O–H groups in total. The average molecular weight is 794 g/mol. The summed E-state index contributed by atoms with van der Waals surface area (Å²) < 4.78 is 49.8. The van der Waals surface area contributed by atoms with Crippen LogP contribution < -0.4 is 16.0 Å². The second kappa shape index (κ2) is 20.6. The molecule has 0 spiro atoms. The van der Waals surface area contributed by atoms with Crippen LogP contribution in [0.15, 0.2) is 91.0 Å². The van der Waals surface area contributed by atoms with Gasteiger partial charge in [-0.05, 0) is 30.5 Å². The molecule has 18 nitrogen and oxygen atoms in total. The molecular weight excluding hydrogens is 750 g/mol. The Kier molecular flexibility index (Phi) is 15.2. The van der Waals surface area contributed by atoms with Gasteiger partial charge in [0.05, 0.1) is 0 Å². The van der Waals surface area contributed by atoms with Gasteiger partial charge in [0.1, 0.15) is 52.2 Å². The summed E-state index contributed by atoms with van der Waals surface area (Å²) in [5.74, 6) is -4.07. The van der Waals surface area contributed by atoms with Crippen LogP contribution in [-0.4, -0.2) is 98.9 Å². The number of nitrogens with one attached hydrogen (secondary N) is 3. The van der Waals surface area contributed by atoms with Crippen molar-refractivity contribution < 1.29 is 71.4 Å². The molecule has 0 bridgehead atoms. The smallest absolute Gasteiger partial charge is 0.407 e. The molecule has 2 heterocycles. The highest BCUT2D eigenvalue weighted by molar-refractivity contribution is 5.79. The summed E-state index contributed by atoms with van der Waals surface area (Å²) in [6, 6.07) is 26.6. The number of benzene rings is 3. The summed E-state index contributed by atoms with van der Waals surface area (Å²) in [5.41, 5.74) is 2.17. The quantitative estimate of drug-likeness (QED) is 0.132. The number of carbonyl (C=O) groups is 6. The van der Waals surface area contributed by atoms with E-state index in [1.165, 1.54) is 0 Å². The van der Waals surface area contributed by atoms with Gasteiger partial charge in [0.25, 0.3) is 0 Å². The van der Waals surface area contributed by atoms with Crippen LogP contribution in [0.5, 0.6) is 0 Å². The maximum absolute atomic E-state index is 13.1. The first-order chi connectivity index (χ1) is 27.4. The molecule has 18 heteroatoms. The summed E-state index contributed by atoms with van der Waals surface area (Å²) in [6.07, 6.45) is -9.07. The fourth-order valence-corrected chi connectivity index (χ4v) is 5.52. The van der Waals surface area contributed by atoms with E-state index in [2.05, 4.69) is 16.0 Å². The summed E-state index contributed by atoms with van der Waals surface area (Å²) in [7, 11) is 0. The SMILES string of the molecule is CC1(C)O[C@@H]2O[C@H]([C@@H](COC(=O)CNC(=O)OCc3ccccc3)OC(=O)CNC(=O)OCc3ccccc3)[C@@H](OC(=O)CNC(=O)OCc3ccccc3)[C@@H]2O1. The first kappa shape index (κ1) is 41.9. The number of carbonyl (C=O) groups excluding carboxylic acids is 6. The fraction of sp³-hybridized carbons (Fsp3) is 0.385. The maximum Gasteiger partial charge on any atom is 0.407 e. The Labute approximate surface area is 327 Å². The first-order valence-corrected chi connectivity index (χ1v) is 17.8. The molecule has 3 aromatic carbocycles. The Bertz CT molecular complexity index is 1810. The van der Waals surface area contributed by atoms with E-state index >= 15 is 0 Å². The molecule has 57 heavy (non-hydrogen) atoms. The van der Waals surface area contributed by atoms with Gasteiger partial charge in [-0.15, -0.1) is 0 Å². The Morgan fingerprint density at radius 2 is 1.04 bits per heavy atom. The van der Waals surface area contributed by atoms with Crippen molar-refractivity contribution in [3.8, 4) is 0 Å². The van der Waals surface area contributed by atoms with Crippen molar-refractivity contribution in [2.24, 2.45) is 0 Å². The number of alkyl carbamates (subject to hydrolysis) is 3. The van der Waals surface area contributed by atoms with Crippen LogP contribution in [0.1, 0.15) is 30.5 Å². The minimum absolute atomic E-state index is 0.0413. The average Bonchev–Trinajstić information content (AvgIpc) is 3.69. The molecule has 2 saturated heterocycles. The van der Waals surface area contributed by atoms with E-state index in [4.69, 9.17) is 42.6 Å². The molecule has 2 aliphatic rings. The van der Waals surface area contributed by atoms with Gasteiger partial charge in [-0.3, -0.25) is 14.4 Å². The molecule has 2 aliphatic heterocycles. The van der Waals surface area contributed by atoms with Gasteiger partial charge in [0.15, 0.2) is 30.4 Å². The van der Waals surface area contributed by atoms with E-state index in [1.54, 1.807) is 92.7 Å². The molecule has 5 atom stereocenters. The molecule has 0 radical (unpaired) electrons. The predicted molar refractivity (Wildman–Crippen MR) is 193 cm³/mol. The van der Waals surface area contributed by atoms with Crippen LogP contribution in [0, 0.1) is 0 Å². The highest BCUT2D eigenvalue weighted by atomic mass is 16.8. The van der Waals surface area contributed by atoms with Crippen molar-refractivity contribution in [2.45, 2.75) is 70.2 Å². The third-order valence-corrected chi connectivity index (χ3v) is 8.12. The maximum atomic E-state index is 13.1. The lowest BCUT2D eigenvalue weighted by molar-refractivity contribution is -0.234. The number of hydrogen-bond acceptors (Lipinski definition) is 15. The Hall–Kier alpha value is -6.24. The molecule has 0 saturated carbocycles. The molecule has 5 rings (SSSR count). The van der Waals surface area contributed by atoms with E-state index in [9.17, 15) is 28.8 Å². The number of esters is 3. The van der Waals surface area contributed by atoms with Crippen LogP contribution in [0.3, 0.4) is 0 Å². The van der Waals surface area contributed by atoms with Crippen LogP contribution in [-0.2, 0) is 76.8 Å². The van der Waals surface area contributed by atoms with Gasteiger partial charge in [0, 0.05) is 0 Å². The van der Waals surface area contributed by atoms with Gasteiger partial charge in [-0.2, -0.15) is 0 Å². The van der Waals surface area contributed by atoms with Crippen LogP contribution >= 0.6 is 0 Å². The Balaban J connectivity index is 1.20. The van der Waals surface area contributed by atoms with Gasteiger partial charge in [-0.25, -0.2) is 14.4 Å². The zero-order valence-corrected chi connectivity index (χ0v) is 31.1. The molecule has 3 amide bonds. The molecule has 3 aromatic rings. The lowest BCUT2D eigenvalue weighted by Gasteiger charge is -2.30. The largest absolute Gasteiger partial charge is 0.460 e. The molecule has 0 unspecified atom stereocenters.